The number of sulfonamides is 1. The van der Waals surface area contributed by atoms with Crippen molar-refractivity contribution in [2.45, 2.75) is 31.6 Å². The van der Waals surface area contributed by atoms with Crippen LogP contribution < -0.4 is 5.01 Å². The summed E-state index contributed by atoms with van der Waals surface area (Å²) >= 11 is 1.37. The molecule has 4 aromatic rings. The highest BCUT2D eigenvalue weighted by molar-refractivity contribution is 7.89. The van der Waals surface area contributed by atoms with Crippen LogP contribution in [0.25, 0.3) is 10.2 Å². The molecule has 1 aromatic heterocycles. The van der Waals surface area contributed by atoms with Gasteiger partial charge in [-0.3, -0.25) is 4.79 Å². The van der Waals surface area contributed by atoms with E-state index in [0.717, 1.165) is 34.2 Å². The van der Waals surface area contributed by atoms with Gasteiger partial charge in [0.2, 0.25) is 15.2 Å². The smallest absolute Gasteiger partial charge is 0.267 e. The number of fused-ring (bicyclic) bond motifs is 1. The van der Waals surface area contributed by atoms with Crippen molar-refractivity contribution in [3.63, 3.8) is 0 Å². The molecule has 0 saturated carbocycles. The number of aromatic nitrogens is 1. The zero-order chi connectivity index (χ0) is 25.7. The highest BCUT2D eigenvalue weighted by atomic mass is 32.2. The first-order valence-corrected chi connectivity index (χ1v) is 13.9. The molecule has 1 amide bonds. The Kier molecular flexibility index (Phi) is 7.93. The number of benzene rings is 3. The number of amides is 1. The zero-order valence-corrected chi connectivity index (χ0v) is 22.1. The summed E-state index contributed by atoms with van der Waals surface area (Å²) in [6.45, 7) is 4.46. The van der Waals surface area contributed by atoms with Crippen LogP contribution in [-0.2, 0) is 10.0 Å². The van der Waals surface area contributed by atoms with Crippen LogP contribution in [-0.4, -0.2) is 43.4 Å². The maximum absolute atomic E-state index is 13.6. The molecule has 186 valence electrons. The molecule has 0 spiro atoms. The molecule has 4 rings (SSSR count). The first kappa shape index (κ1) is 25.7. The minimum Gasteiger partial charge on any atom is -0.267 e. The van der Waals surface area contributed by atoms with Gasteiger partial charge in [-0.2, -0.15) is 10.1 Å². The summed E-state index contributed by atoms with van der Waals surface area (Å²) < 4.78 is 28.0. The van der Waals surface area contributed by atoms with E-state index in [2.05, 4.69) is 10.1 Å². The normalized spacial score (nSPS) is 12.0. The summed E-state index contributed by atoms with van der Waals surface area (Å²) in [5.41, 5.74) is 3.03. The Balaban J connectivity index is 1.67. The topological polar surface area (TPSA) is 82.9 Å². The lowest BCUT2D eigenvalue weighted by atomic mass is 10.2. The molecular formula is C27H28N4O3S2. The van der Waals surface area contributed by atoms with Gasteiger partial charge in [0.25, 0.3) is 5.91 Å². The fourth-order valence-electron chi connectivity index (χ4n) is 3.54. The molecule has 0 fully saturated rings. The highest BCUT2D eigenvalue weighted by Gasteiger charge is 2.24. The van der Waals surface area contributed by atoms with Crippen molar-refractivity contribution < 1.29 is 13.2 Å². The van der Waals surface area contributed by atoms with Gasteiger partial charge in [0.15, 0.2) is 0 Å². The number of unbranched alkanes of at least 4 members (excludes halogenated alkanes) is 1. The molecule has 0 unspecified atom stereocenters. The molecule has 3 aromatic carbocycles. The first-order valence-electron chi connectivity index (χ1n) is 11.7. The molecule has 36 heavy (non-hydrogen) atoms. The standard InChI is InChI=1S/C27H28N4O3S2/c1-4-5-17-30(3)36(33,34)23-14-12-22(13-15-23)26(32)31(28-19-21-9-7-6-8-10-21)27-29-24-16-11-20(2)18-25(24)35-27/h6-16,18-19H,4-5,17H2,1-3H3/b28-19+. The molecule has 0 N–H and O–H groups in total. The van der Waals surface area contributed by atoms with Crippen molar-refractivity contribution in [1.82, 2.24) is 9.29 Å². The Hall–Kier alpha value is -3.40. The molecule has 0 aliphatic rings. The molecular weight excluding hydrogens is 492 g/mol. The number of aryl methyl sites for hydroxylation is 1. The first-order chi connectivity index (χ1) is 17.3. The SMILES string of the molecule is CCCCN(C)S(=O)(=O)c1ccc(C(=O)N(/N=C/c2ccccc2)c2nc3ccc(C)cc3s2)cc1. The fourth-order valence-corrected chi connectivity index (χ4v) is 5.76. The van der Waals surface area contributed by atoms with Gasteiger partial charge in [-0.05, 0) is 60.9 Å². The van der Waals surface area contributed by atoms with E-state index in [4.69, 9.17) is 0 Å². The number of hydrogen-bond acceptors (Lipinski definition) is 6. The molecule has 1 heterocycles. The quantitative estimate of drug-likeness (QED) is 0.209. The molecule has 0 bridgehead atoms. The summed E-state index contributed by atoms with van der Waals surface area (Å²) in [5, 5.41) is 6.17. The second kappa shape index (κ2) is 11.1. The van der Waals surface area contributed by atoms with Crippen LogP contribution in [0.2, 0.25) is 0 Å². The fraction of sp³-hybridized carbons (Fsp3) is 0.222. The van der Waals surface area contributed by atoms with Crippen LogP contribution in [0.1, 0.15) is 41.3 Å². The van der Waals surface area contributed by atoms with Crippen molar-refractivity contribution >= 4 is 48.8 Å². The number of thiazole rings is 1. The molecule has 0 saturated heterocycles. The third-order valence-corrected chi connectivity index (χ3v) is 8.53. The number of hydrogen-bond donors (Lipinski definition) is 0. The van der Waals surface area contributed by atoms with Crippen LogP contribution in [0.3, 0.4) is 0 Å². The van der Waals surface area contributed by atoms with Crippen LogP contribution in [0.15, 0.2) is 82.8 Å². The van der Waals surface area contributed by atoms with Crippen LogP contribution >= 0.6 is 11.3 Å². The van der Waals surface area contributed by atoms with Crippen molar-refractivity contribution in [2.24, 2.45) is 5.10 Å². The molecule has 0 aliphatic heterocycles. The van der Waals surface area contributed by atoms with E-state index in [1.165, 1.54) is 44.9 Å². The van der Waals surface area contributed by atoms with Crippen LogP contribution in [0.4, 0.5) is 5.13 Å². The molecule has 7 nitrogen and oxygen atoms in total. The average Bonchev–Trinajstić information content (AvgIpc) is 3.30. The van der Waals surface area contributed by atoms with Gasteiger partial charge in [0.05, 0.1) is 21.3 Å². The Morgan fingerprint density at radius 3 is 2.47 bits per heavy atom. The van der Waals surface area contributed by atoms with E-state index in [1.54, 1.807) is 13.3 Å². The van der Waals surface area contributed by atoms with E-state index in [9.17, 15) is 13.2 Å². The molecule has 0 aliphatic carbocycles. The number of nitrogens with zero attached hydrogens (tertiary/aromatic N) is 4. The predicted octanol–water partition coefficient (Wildman–Crippen LogP) is 5.71. The monoisotopic (exact) mass is 520 g/mol. The van der Waals surface area contributed by atoms with Crippen molar-refractivity contribution in [3.05, 3.63) is 89.5 Å². The lowest BCUT2D eigenvalue weighted by Crippen LogP contribution is -2.28. The number of hydrazone groups is 1. The second-order valence-corrected chi connectivity index (χ2v) is 11.5. The summed E-state index contributed by atoms with van der Waals surface area (Å²) in [7, 11) is -2.06. The Bertz CT molecular complexity index is 1480. The number of carbonyl (C=O) groups is 1. The van der Waals surface area contributed by atoms with Gasteiger partial charge in [-0.15, -0.1) is 0 Å². The molecule has 9 heteroatoms. The second-order valence-electron chi connectivity index (χ2n) is 8.44. The summed E-state index contributed by atoms with van der Waals surface area (Å²) in [5.74, 6) is -0.402. The van der Waals surface area contributed by atoms with E-state index in [-0.39, 0.29) is 4.90 Å². The van der Waals surface area contributed by atoms with E-state index in [0.29, 0.717) is 17.2 Å². The Labute approximate surface area is 215 Å². The van der Waals surface area contributed by atoms with Gasteiger partial charge in [-0.1, -0.05) is 61.1 Å². The van der Waals surface area contributed by atoms with Crippen LogP contribution in [0, 0.1) is 6.92 Å². The van der Waals surface area contributed by atoms with Crippen molar-refractivity contribution in [3.8, 4) is 0 Å². The van der Waals surface area contributed by atoms with Gasteiger partial charge < -0.3 is 0 Å². The van der Waals surface area contributed by atoms with E-state index >= 15 is 0 Å². The van der Waals surface area contributed by atoms with Crippen molar-refractivity contribution in [1.29, 1.82) is 0 Å². The van der Waals surface area contributed by atoms with Crippen molar-refractivity contribution in [2.75, 3.05) is 18.6 Å². The van der Waals surface area contributed by atoms with Gasteiger partial charge in [-0.25, -0.2) is 17.7 Å². The number of rotatable bonds is 9. The number of anilines is 1. The third-order valence-electron chi connectivity index (χ3n) is 5.66. The largest absolute Gasteiger partial charge is 0.280 e. The van der Waals surface area contributed by atoms with Gasteiger partial charge in [0, 0.05) is 19.2 Å². The lowest BCUT2D eigenvalue weighted by Gasteiger charge is -2.17. The Morgan fingerprint density at radius 1 is 1.06 bits per heavy atom. The summed E-state index contributed by atoms with van der Waals surface area (Å²) in [6.07, 6.45) is 3.29. The predicted molar refractivity (Wildman–Crippen MR) is 146 cm³/mol. The highest BCUT2D eigenvalue weighted by Crippen LogP contribution is 2.31. The van der Waals surface area contributed by atoms with E-state index < -0.39 is 15.9 Å². The maximum atomic E-state index is 13.6. The minimum atomic E-state index is -3.63. The zero-order valence-electron chi connectivity index (χ0n) is 20.5. The van der Waals surface area contributed by atoms with Crippen LogP contribution in [0.5, 0.6) is 0 Å². The number of carbonyl (C=O) groups excluding carboxylic acids is 1. The van der Waals surface area contributed by atoms with Gasteiger partial charge >= 0.3 is 0 Å². The Morgan fingerprint density at radius 2 is 1.78 bits per heavy atom. The summed E-state index contributed by atoms with van der Waals surface area (Å²) in [6, 6.07) is 21.4. The summed E-state index contributed by atoms with van der Waals surface area (Å²) in [4.78, 5) is 18.3. The van der Waals surface area contributed by atoms with E-state index in [1.807, 2.05) is 62.4 Å². The lowest BCUT2D eigenvalue weighted by molar-refractivity contribution is 0.0987. The molecule has 0 radical (unpaired) electrons. The average molecular weight is 521 g/mol. The third kappa shape index (κ3) is 5.70. The van der Waals surface area contributed by atoms with Gasteiger partial charge in [0.1, 0.15) is 0 Å². The minimum absolute atomic E-state index is 0.146. The maximum Gasteiger partial charge on any atom is 0.280 e. The molecule has 0 atom stereocenters.